The van der Waals surface area contributed by atoms with Crippen LogP contribution in [-0.2, 0) is 0 Å². The van der Waals surface area contributed by atoms with E-state index in [0.717, 1.165) is 27.9 Å². The minimum Gasteiger partial charge on any atom is -0.493 e. The Bertz CT molecular complexity index is 1270. The van der Waals surface area contributed by atoms with E-state index in [0.29, 0.717) is 30.3 Å². The van der Waals surface area contributed by atoms with Crippen LogP contribution in [0.25, 0.3) is 22.2 Å². The highest BCUT2D eigenvalue weighted by atomic mass is 16.5. The summed E-state index contributed by atoms with van der Waals surface area (Å²) < 4.78 is 11.5. The first-order chi connectivity index (χ1) is 16.1. The highest BCUT2D eigenvalue weighted by Gasteiger charge is 2.12. The van der Waals surface area contributed by atoms with E-state index in [1.807, 2.05) is 56.3 Å². The van der Waals surface area contributed by atoms with Gasteiger partial charge in [0.2, 0.25) is 0 Å². The number of para-hydroxylation sites is 2. The number of urea groups is 1. The predicted octanol–water partition coefficient (Wildman–Crippen LogP) is 6.65. The lowest BCUT2D eigenvalue weighted by Crippen LogP contribution is -2.19. The summed E-state index contributed by atoms with van der Waals surface area (Å²) in [4.78, 5) is 17.4. The Balaban J connectivity index is 1.60. The summed E-state index contributed by atoms with van der Waals surface area (Å²) in [6, 6.07) is 22.8. The molecule has 0 unspecified atom stereocenters. The van der Waals surface area contributed by atoms with E-state index in [9.17, 15) is 4.79 Å². The van der Waals surface area contributed by atoms with Crippen molar-refractivity contribution >= 4 is 28.3 Å². The fourth-order valence-corrected chi connectivity index (χ4v) is 3.56. The highest BCUT2D eigenvalue weighted by molar-refractivity contribution is 6.02. The summed E-state index contributed by atoms with van der Waals surface area (Å²) in [5, 5.41) is 6.56. The molecule has 0 aliphatic carbocycles. The number of carbonyl (C=O) groups excluding carboxylic acids is 1. The molecule has 3 aromatic carbocycles. The smallest absolute Gasteiger partial charge is 0.323 e. The summed E-state index contributed by atoms with van der Waals surface area (Å²) >= 11 is 0. The van der Waals surface area contributed by atoms with Crippen LogP contribution < -0.4 is 20.1 Å². The third-order valence-corrected chi connectivity index (χ3v) is 5.11. The first-order valence-corrected chi connectivity index (χ1v) is 11.0. The van der Waals surface area contributed by atoms with Crippen LogP contribution in [0.2, 0.25) is 0 Å². The zero-order chi connectivity index (χ0) is 23.2. The van der Waals surface area contributed by atoms with Gasteiger partial charge in [-0.2, -0.15) is 0 Å². The number of hydrogen-bond donors (Lipinski definition) is 2. The molecule has 168 valence electrons. The van der Waals surface area contributed by atoms with E-state index in [4.69, 9.17) is 14.5 Å². The predicted molar refractivity (Wildman–Crippen MR) is 133 cm³/mol. The molecule has 0 fully saturated rings. The second-order valence-corrected chi connectivity index (χ2v) is 7.54. The maximum absolute atomic E-state index is 12.6. The van der Waals surface area contributed by atoms with Crippen LogP contribution in [0, 0.1) is 6.92 Å². The zero-order valence-corrected chi connectivity index (χ0v) is 19.0. The van der Waals surface area contributed by atoms with Crippen molar-refractivity contribution in [3.05, 3.63) is 78.4 Å². The second kappa shape index (κ2) is 10.0. The third-order valence-electron chi connectivity index (χ3n) is 5.11. The van der Waals surface area contributed by atoms with Crippen LogP contribution in [0.4, 0.5) is 16.2 Å². The number of benzene rings is 3. The third kappa shape index (κ3) is 5.23. The standard InChI is InChI=1S/C27H27N3O3/c1-4-32-25-9-7-6-8-23(25)30-27(31)28-20-14-15-22-21(16-20)26(33-5-2)17-24(29-22)19-12-10-18(3)11-13-19/h6-17H,4-5H2,1-3H3,(H2,28,30,31). The number of anilines is 2. The quantitative estimate of drug-likeness (QED) is 0.337. The fourth-order valence-electron chi connectivity index (χ4n) is 3.56. The van der Waals surface area contributed by atoms with E-state index in [2.05, 4.69) is 41.8 Å². The number of aryl methyl sites for hydroxylation is 1. The minimum atomic E-state index is -0.358. The molecule has 0 saturated heterocycles. The molecule has 0 atom stereocenters. The molecule has 0 saturated carbocycles. The van der Waals surface area contributed by atoms with Gasteiger partial charge >= 0.3 is 6.03 Å². The number of nitrogens with one attached hydrogen (secondary N) is 2. The van der Waals surface area contributed by atoms with Crippen LogP contribution in [-0.4, -0.2) is 24.2 Å². The fraction of sp³-hybridized carbons (Fsp3) is 0.185. The summed E-state index contributed by atoms with van der Waals surface area (Å²) in [6.07, 6.45) is 0. The van der Waals surface area contributed by atoms with Crippen molar-refractivity contribution in [3.63, 3.8) is 0 Å². The Hall–Kier alpha value is -4.06. The Labute approximate surface area is 193 Å². The van der Waals surface area contributed by atoms with Crippen LogP contribution >= 0.6 is 0 Å². The summed E-state index contributed by atoms with van der Waals surface area (Å²) in [5.74, 6) is 1.35. The summed E-state index contributed by atoms with van der Waals surface area (Å²) in [5.41, 5.74) is 5.11. The van der Waals surface area contributed by atoms with Crippen molar-refractivity contribution in [2.75, 3.05) is 23.8 Å². The molecule has 1 aromatic heterocycles. The topological polar surface area (TPSA) is 72.5 Å². The molecule has 2 N–H and O–H groups in total. The number of aromatic nitrogens is 1. The number of hydrogen-bond acceptors (Lipinski definition) is 4. The Morgan fingerprint density at radius 2 is 1.58 bits per heavy atom. The van der Waals surface area contributed by atoms with E-state index in [1.54, 1.807) is 6.07 Å². The van der Waals surface area contributed by atoms with Gasteiger partial charge in [-0.05, 0) is 51.1 Å². The molecule has 2 amide bonds. The molecule has 1 heterocycles. The number of pyridine rings is 1. The number of fused-ring (bicyclic) bond motifs is 1. The molecule has 0 aliphatic heterocycles. The Morgan fingerprint density at radius 3 is 2.33 bits per heavy atom. The molecular formula is C27H27N3O3. The molecule has 0 aliphatic rings. The van der Waals surface area contributed by atoms with Gasteiger partial charge in [-0.15, -0.1) is 0 Å². The number of nitrogens with zero attached hydrogens (tertiary/aromatic N) is 1. The monoisotopic (exact) mass is 441 g/mol. The van der Waals surface area contributed by atoms with E-state index < -0.39 is 0 Å². The number of ether oxygens (including phenoxy) is 2. The molecule has 0 radical (unpaired) electrons. The maximum Gasteiger partial charge on any atom is 0.323 e. The first kappa shape index (κ1) is 22.1. The average molecular weight is 442 g/mol. The normalized spacial score (nSPS) is 10.6. The SMILES string of the molecule is CCOc1ccccc1NC(=O)Nc1ccc2nc(-c3ccc(C)cc3)cc(OCC)c2c1. The van der Waals surface area contributed by atoms with E-state index in [-0.39, 0.29) is 6.03 Å². The molecule has 6 heteroatoms. The molecule has 4 rings (SSSR count). The van der Waals surface area contributed by atoms with Gasteiger partial charge in [-0.3, -0.25) is 0 Å². The van der Waals surface area contributed by atoms with Gasteiger partial charge < -0.3 is 20.1 Å². The molecule has 6 nitrogen and oxygen atoms in total. The van der Waals surface area contributed by atoms with Gasteiger partial charge in [0.25, 0.3) is 0 Å². The van der Waals surface area contributed by atoms with Crippen molar-refractivity contribution in [2.24, 2.45) is 0 Å². The summed E-state index contributed by atoms with van der Waals surface area (Å²) in [6.45, 7) is 6.95. The van der Waals surface area contributed by atoms with Crippen LogP contribution in [0.5, 0.6) is 11.5 Å². The Morgan fingerprint density at radius 1 is 0.848 bits per heavy atom. The van der Waals surface area contributed by atoms with Gasteiger partial charge in [-0.1, -0.05) is 42.0 Å². The van der Waals surface area contributed by atoms with Gasteiger partial charge in [0, 0.05) is 22.7 Å². The summed E-state index contributed by atoms with van der Waals surface area (Å²) in [7, 11) is 0. The minimum absolute atomic E-state index is 0.358. The van der Waals surface area contributed by atoms with Crippen molar-refractivity contribution < 1.29 is 14.3 Å². The van der Waals surface area contributed by atoms with Crippen LogP contribution in [0.1, 0.15) is 19.4 Å². The molecule has 4 aromatic rings. The second-order valence-electron chi connectivity index (χ2n) is 7.54. The van der Waals surface area contributed by atoms with Crippen LogP contribution in [0.15, 0.2) is 72.8 Å². The lowest BCUT2D eigenvalue weighted by atomic mass is 10.1. The van der Waals surface area contributed by atoms with Crippen molar-refractivity contribution in [1.29, 1.82) is 0 Å². The van der Waals surface area contributed by atoms with Crippen molar-refractivity contribution in [2.45, 2.75) is 20.8 Å². The number of amides is 2. The number of rotatable bonds is 7. The molecule has 33 heavy (non-hydrogen) atoms. The van der Waals surface area contributed by atoms with Crippen LogP contribution in [0.3, 0.4) is 0 Å². The highest BCUT2D eigenvalue weighted by Crippen LogP contribution is 2.32. The van der Waals surface area contributed by atoms with Gasteiger partial charge in [-0.25, -0.2) is 9.78 Å². The maximum atomic E-state index is 12.6. The van der Waals surface area contributed by atoms with Gasteiger partial charge in [0.1, 0.15) is 11.5 Å². The average Bonchev–Trinajstić information content (AvgIpc) is 2.81. The lowest BCUT2D eigenvalue weighted by molar-refractivity contribution is 0.262. The number of carbonyl (C=O) groups is 1. The van der Waals surface area contributed by atoms with Crippen molar-refractivity contribution in [1.82, 2.24) is 4.98 Å². The molecular weight excluding hydrogens is 414 g/mol. The molecule has 0 bridgehead atoms. The largest absolute Gasteiger partial charge is 0.493 e. The lowest BCUT2D eigenvalue weighted by Gasteiger charge is -2.14. The zero-order valence-electron chi connectivity index (χ0n) is 19.0. The van der Waals surface area contributed by atoms with Gasteiger partial charge in [0.05, 0.1) is 30.1 Å². The Kier molecular flexibility index (Phi) is 6.74. The van der Waals surface area contributed by atoms with E-state index in [1.165, 1.54) is 5.56 Å². The van der Waals surface area contributed by atoms with Gasteiger partial charge in [0.15, 0.2) is 0 Å². The van der Waals surface area contributed by atoms with E-state index >= 15 is 0 Å². The first-order valence-electron chi connectivity index (χ1n) is 11.0. The molecule has 0 spiro atoms. The van der Waals surface area contributed by atoms with Crippen molar-refractivity contribution in [3.8, 4) is 22.8 Å².